The Morgan fingerprint density at radius 3 is 1.79 bits per heavy atom. The van der Waals surface area contributed by atoms with Crippen molar-refractivity contribution in [3.63, 3.8) is 0 Å². The van der Waals surface area contributed by atoms with E-state index < -0.39 is 8.07 Å². The fourth-order valence-electron chi connectivity index (χ4n) is 1.30. The monoisotopic (exact) mass is 226 g/mol. The fourth-order valence-corrected chi connectivity index (χ4v) is 3.29. The summed E-state index contributed by atoms with van der Waals surface area (Å²) in [5, 5.41) is 2.70. The highest BCUT2D eigenvalue weighted by molar-refractivity contribution is 6.92. The molecule has 0 fully saturated rings. The van der Waals surface area contributed by atoms with Crippen LogP contribution in [-0.4, -0.2) is 8.07 Å². The molecule has 0 amide bonds. The number of rotatable bonds is 1. The van der Waals surface area contributed by atoms with E-state index in [2.05, 4.69) is 46.0 Å². The summed E-state index contributed by atoms with van der Waals surface area (Å²) in [4.78, 5) is 0. The Morgan fingerprint density at radius 2 is 1.43 bits per heavy atom. The van der Waals surface area contributed by atoms with E-state index in [-0.39, 0.29) is 0 Å². The molecule has 0 saturated carbocycles. The first-order valence-corrected chi connectivity index (χ1v) is 8.39. The van der Waals surface area contributed by atoms with Crippen LogP contribution in [0.4, 0.5) is 0 Å². The first kappa shape index (κ1) is 11.8. The third-order valence-corrected chi connectivity index (χ3v) is 9.22. The second-order valence-electron chi connectivity index (χ2n) is 5.38. The SMILES string of the molecule is CC(C)(C)[Si](C)(C)c1ccc(Cl)cc1. The molecule has 0 aliphatic carbocycles. The summed E-state index contributed by atoms with van der Waals surface area (Å²) in [6.45, 7) is 11.8. The number of halogens is 1. The lowest BCUT2D eigenvalue weighted by Gasteiger charge is -2.37. The Balaban J connectivity index is 3.10. The molecule has 0 radical (unpaired) electrons. The van der Waals surface area contributed by atoms with Gasteiger partial charge in [-0.05, 0) is 17.2 Å². The first-order chi connectivity index (χ1) is 6.25. The molecule has 0 heterocycles. The standard InChI is InChI=1S/C12H19ClSi/c1-12(2,3)14(4,5)11-8-6-10(13)7-9-11/h6-9H,1-5H3. The smallest absolute Gasteiger partial charge is 0.0843 e. The summed E-state index contributed by atoms with van der Waals surface area (Å²) in [6.07, 6.45) is 0. The number of benzene rings is 1. The van der Waals surface area contributed by atoms with Crippen LogP contribution in [0.25, 0.3) is 0 Å². The van der Waals surface area contributed by atoms with E-state index in [9.17, 15) is 0 Å². The summed E-state index contributed by atoms with van der Waals surface area (Å²) in [6, 6.07) is 8.36. The third kappa shape index (κ3) is 2.21. The molecule has 0 atom stereocenters. The van der Waals surface area contributed by atoms with E-state index in [1.807, 2.05) is 12.1 Å². The van der Waals surface area contributed by atoms with Gasteiger partial charge in [-0.1, -0.05) is 62.8 Å². The van der Waals surface area contributed by atoms with E-state index in [1.165, 1.54) is 5.19 Å². The van der Waals surface area contributed by atoms with E-state index in [0.29, 0.717) is 5.04 Å². The summed E-state index contributed by atoms with van der Waals surface area (Å²) in [5.41, 5.74) is 0. The first-order valence-electron chi connectivity index (χ1n) is 5.01. The van der Waals surface area contributed by atoms with Crippen LogP contribution in [0.1, 0.15) is 20.8 Å². The molecule has 0 aromatic heterocycles. The molecule has 0 aliphatic heterocycles. The predicted molar refractivity (Wildman–Crippen MR) is 68.3 cm³/mol. The van der Waals surface area contributed by atoms with E-state index in [4.69, 9.17) is 11.6 Å². The molecule has 2 heteroatoms. The minimum Gasteiger partial charge on any atom is -0.0843 e. The minimum atomic E-state index is -1.36. The van der Waals surface area contributed by atoms with Gasteiger partial charge in [-0.2, -0.15) is 0 Å². The van der Waals surface area contributed by atoms with E-state index in [0.717, 1.165) is 5.02 Å². The molecule has 1 aromatic rings. The third-order valence-electron chi connectivity index (χ3n) is 3.44. The zero-order chi connectivity index (χ0) is 11.0. The Kier molecular flexibility index (Phi) is 3.12. The van der Waals surface area contributed by atoms with Crippen LogP contribution in [-0.2, 0) is 0 Å². The maximum Gasteiger partial charge on any atom is 0.0859 e. The van der Waals surface area contributed by atoms with Crippen molar-refractivity contribution in [2.45, 2.75) is 38.9 Å². The van der Waals surface area contributed by atoms with Crippen LogP contribution >= 0.6 is 11.6 Å². The minimum absolute atomic E-state index is 0.390. The van der Waals surface area contributed by atoms with Crippen molar-refractivity contribution >= 4 is 24.9 Å². The molecule has 0 nitrogen and oxygen atoms in total. The second-order valence-corrected chi connectivity index (χ2v) is 11.1. The van der Waals surface area contributed by atoms with Crippen molar-refractivity contribution in [2.24, 2.45) is 0 Å². The Morgan fingerprint density at radius 1 is 1.00 bits per heavy atom. The molecule has 0 N–H and O–H groups in total. The molecule has 1 aromatic carbocycles. The molecule has 1 rings (SSSR count). The van der Waals surface area contributed by atoms with Gasteiger partial charge in [-0.15, -0.1) is 0 Å². The summed E-state index contributed by atoms with van der Waals surface area (Å²) in [5.74, 6) is 0. The highest BCUT2D eigenvalue weighted by atomic mass is 35.5. The highest BCUT2D eigenvalue weighted by Crippen LogP contribution is 2.35. The van der Waals surface area contributed by atoms with Gasteiger partial charge in [-0.25, -0.2) is 0 Å². The quantitative estimate of drug-likeness (QED) is 0.634. The number of hydrogen-bond donors (Lipinski definition) is 0. The zero-order valence-corrected chi connectivity index (χ0v) is 11.4. The molecular weight excluding hydrogens is 208 g/mol. The van der Waals surface area contributed by atoms with Crippen molar-refractivity contribution in [3.05, 3.63) is 29.3 Å². The molecule has 78 valence electrons. The lowest BCUT2D eigenvalue weighted by atomic mass is 10.2. The molecule has 0 spiro atoms. The lowest BCUT2D eigenvalue weighted by Crippen LogP contribution is -2.49. The lowest BCUT2D eigenvalue weighted by molar-refractivity contribution is 0.729. The van der Waals surface area contributed by atoms with Crippen molar-refractivity contribution in [1.82, 2.24) is 0 Å². The topological polar surface area (TPSA) is 0 Å². The van der Waals surface area contributed by atoms with Crippen LogP contribution < -0.4 is 5.19 Å². The number of hydrogen-bond acceptors (Lipinski definition) is 0. The molecule has 0 bridgehead atoms. The normalized spacial score (nSPS) is 13.0. The summed E-state index contributed by atoms with van der Waals surface area (Å²) < 4.78 is 0. The van der Waals surface area contributed by atoms with Crippen LogP contribution in [0.15, 0.2) is 24.3 Å². The highest BCUT2D eigenvalue weighted by Gasteiger charge is 2.36. The summed E-state index contributed by atoms with van der Waals surface area (Å²) >= 11 is 5.89. The van der Waals surface area contributed by atoms with Gasteiger partial charge in [0.05, 0.1) is 8.07 Å². The average molecular weight is 227 g/mol. The van der Waals surface area contributed by atoms with Crippen molar-refractivity contribution in [2.75, 3.05) is 0 Å². The maximum absolute atomic E-state index is 5.89. The largest absolute Gasteiger partial charge is 0.0859 e. The average Bonchev–Trinajstić information content (AvgIpc) is 2.03. The molecule has 0 aliphatic rings. The zero-order valence-electron chi connectivity index (χ0n) is 9.69. The Hall–Kier alpha value is -0.273. The van der Waals surface area contributed by atoms with Gasteiger partial charge in [0.25, 0.3) is 0 Å². The van der Waals surface area contributed by atoms with Gasteiger partial charge in [-0.3, -0.25) is 0 Å². The van der Waals surface area contributed by atoms with Crippen molar-refractivity contribution in [1.29, 1.82) is 0 Å². The maximum atomic E-state index is 5.89. The van der Waals surface area contributed by atoms with E-state index in [1.54, 1.807) is 0 Å². The predicted octanol–water partition coefficient (Wildman–Crippen LogP) is 4.06. The molecule has 0 unspecified atom stereocenters. The van der Waals surface area contributed by atoms with Gasteiger partial charge in [0.15, 0.2) is 0 Å². The van der Waals surface area contributed by atoms with Crippen LogP contribution in [0.2, 0.25) is 23.2 Å². The van der Waals surface area contributed by atoms with Gasteiger partial charge in [0.1, 0.15) is 0 Å². The molecule has 14 heavy (non-hydrogen) atoms. The van der Waals surface area contributed by atoms with E-state index >= 15 is 0 Å². The summed E-state index contributed by atoms with van der Waals surface area (Å²) in [7, 11) is -1.36. The van der Waals surface area contributed by atoms with Gasteiger partial charge in [0.2, 0.25) is 0 Å². The van der Waals surface area contributed by atoms with Crippen molar-refractivity contribution < 1.29 is 0 Å². The molecular formula is C12H19ClSi. The van der Waals surface area contributed by atoms with Crippen LogP contribution in [0.3, 0.4) is 0 Å². The Labute approximate surface area is 93.3 Å². The Bertz CT molecular complexity index is 306. The van der Waals surface area contributed by atoms with Gasteiger partial charge >= 0.3 is 0 Å². The second kappa shape index (κ2) is 3.71. The molecule has 0 saturated heterocycles. The van der Waals surface area contributed by atoms with Crippen LogP contribution in [0, 0.1) is 0 Å². The van der Waals surface area contributed by atoms with Gasteiger partial charge < -0.3 is 0 Å². The van der Waals surface area contributed by atoms with Crippen LogP contribution in [0.5, 0.6) is 0 Å². The van der Waals surface area contributed by atoms with Gasteiger partial charge in [0, 0.05) is 5.02 Å². The fraction of sp³-hybridized carbons (Fsp3) is 0.500. The van der Waals surface area contributed by atoms with Crippen molar-refractivity contribution in [3.8, 4) is 0 Å².